The summed E-state index contributed by atoms with van der Waals surface area (Å²) in [5.74, 6) is -0.242. The van der Waals surface area contributed by atoms with Crippen molar-refractivity contribution >= 4 is 5.97 Å². The van der Waals surface area contributed by atoms with Gasteiger partial charge in [-0.3, -0.25) is 0 Å². The van der Waals surface area contributed by atoms with Crippen LogP contribution in [0.3, 0.4) is 0 Å². The van der Waals surface area contributed by atoms with Gasteiger partial charge in [-0.1, -0.05) is 54.6 Å². The van der Waals surface area contributed by atoms with E-state index in [1.165, 1.54) is 11.1 Å². The average Bonchev–Trinajstić information content (AvgIpc) is 2.89. The Labute approximate surface area is 118 Å². The highest BCUT2D eigenvalue weighted by molar-refractivity contribution is 5.76. The molecule has 2 aromatic rings. The zero-order chi connectivity index (χ0) is 13.9. The second kappa shape index (κ2) is 5.47. The van der Waals surface area contributed by atoms with E-state index in [-0.39, 0.29) is 12.1 Å². The second-order valence-electron chi connectivity index (χ2n) is 5.20. The summed E-state index contributed by atoms with van der Waals surface area (Å²) in [4.78, 5) is 12.2. The fraction of sp³-hybridized carbons (Fsp3) is 0.235. The maximum Gasteiger partial charge on any atom is 0.370 e. The minimum absolute atomic E-state index is 0.0483. The van der Waals surface area contributed by atoms with E-state index in [0.717, 1.165) is 18.4 Å². The standard InChI is InChI=1S/C17H17NO2/c18-16(12-6-2-1-3-7-12)17(19)20-15-10-13-8-4-5-9-14(13)11-15/h1-9,15-16H,10-11,18H2/p+1/t16-/m0/s1. The Morgan fingerprint density at radius 1 is 1.00 bits per heavy atom. The number of carbonyl (C=O) groups excluding carboxylic acids is 1. The Morgan fingerprint density at radius 3 is 2.15 bits per heavy atom. The molecule has 1 aliphatic carbocycles. The minimum atomic E-state index is -0.458. The van der Waals surface area contributed by atoms with Gasteiger partial charge >= 0.3 is 5.97 Å². The van der Waals surface area contributed by atoms with Gasteiger partial charge in [0.1, 0.15) is 6.10 Å². The van der Waals surface area contributed by atoms with E-state index < -0.39 is 6.04 Å². The van der Waals surface area contributed by atoms with E-state index in [2.05, 4.69) is 17.9 Å². The summed E-state index contributed by atoms with van der Waals surface area (Å²) in [6.45, 7) is 0. The number of esters is 1. The summed E-state index contributed by atoms with van der Waals surface area (Å²) < 4.78 is 5.61. The molecule has 20 heavy (non-hydrogen) atoms. The molecule has 0 saturated heterocycles. The maximum absolute atomic E-state index is 12.2. The van der Waals surface area contributed by atoms with E-state index in [1.807, 2.05) is 42.5 Å². The van der Waals surface area contributed by atoms with Crippen LogP contribution in [0.5, 0.6) is 0 Å². The third-order valence-corrected chi connectivity index (χ3v) is 3.78. The number of quaternary nitrogens is 1. The van der Waals surface area contributed by atoms with Crippen molar-refractivity contribution < 1.29 is 15.3 Å². The molecule has 0 spiro atoms. The molecule has 2 aromatic carbocycles. The topological polar surface area (TPSA) is 53.9 Å². The molecule has 3 nitrogen and oxygen atoms in total. The number of benzene rings is 2. The Hall–Kier alpha value is -2.13. The molecule has 0 fully saturated rings. The fourth-order valence-electron chi connectivity index (χ4n) is 2.67. The molecule has 0 unspecified atom stereocenters. The SMILES string of the molecule is [NH3+][C@H](C(=O)OC1Cc2ccccc2C1)c1ccccc1. The highest BCUT2D eigenvalue weighted by Gasteiger charge is 2.28. The van der Waals surface area contributed by atoms with Gasteiger partial charge in [0.25, 0.3) is 0 Å². The molecule has 0 aliphatic heterocycles. The zero-order valence-corrected chi connectivity index (χ0v) is 11.3. The van der Waals surface area contributed by atoms with E-state index in [1.54, 1.807) is 0 Å². The Morgan fingerprint density at radius 2 is 1.55 bits per heavy atom. The van der Waals surface area contributed by atoms with Crippen LogP contribution >= 0.6 is 0 Å². The van der Waals surface area contributed by atoms with Crippen LogP contribution in [0, 0.1) is 0 Å². The molecule has 0 aromatic heterocycles. The monoisotopic (exact) mass is 268 g/mol. The van der Waals surface area contributed by atoms with E-state index in [0.29, 0.717) is 0 Å². The molecule has 3 rings (SSSR count). The smallest absolute Gasteiger partial charge is 0.370 e. The molecule has 0 bridgehead atoms. The highest BCUT2D eigenvalue weighted by Crippen LogP contribution is 2.24. The predicted octanol–water partition coefficient (Wildman–Crippen LogP) is 1.68. The van der Waals surface area contributed by atoms with Crippen molar-refractivity contribution in [2.24, 2.45) is 0 Å². The second-order valence-corrected chi connectivity index (χ2v) is 5.20. The zero-order valence-electron chi connectivity index (χ0n) is 11.3. The van der Waals surface area contributed by atoms with Crippen LogP contribution in [0.15, 0.2) is 54.6 Å². The first-order valence-corrected chi connectivity index (χ1v) is 6.89. The van der Waals surface area contributed by atoms with Crippen LogP contribution < -0.4 is 5.73 Å². The number of fused-ring (bicyclic) bond motifs is 1. The van der Waals surface area contributed by atoms with E-state index in [9.17, 15) is 4.79 Å². The molecule has 0 radical (unpaired) electrons. The van der Waals surface area contributed by atoms with Crippen molar-refractivity contribution in [2.75, 3.05) is 0 Å². The first-order chi connectivity index (χ1) is 9.74. The summed E-state index contributed by atoms with van der Waals surface area (Å²) in [6.07, 6.45) is 1.57. The van der Waals surface area contributed by atoms with E-state index in [4.69, 9.17) is 4.74 Å². The van der Waals surface area contributed by atoms with Crippen LogP contribution in [0.4, 0.5) is 0 Å². The molecule has 3 heteroatoms. The third-order valence-electron chi connectivity index (χ3n) is 3.78. The number of hydrogen-bond donors (Lipinski definition) is 1. The number of carbonyl (C=O) groups is 1. The normalized spacial score (nSPS) is 15.7. The molecule has 102 valence electrons. The van der Waals surface area contributed by atoms with Crippen LogP contribution in [0.2, 0.25) is 0 Å². The summed E-state index contributed by atoms with van der Waals surface area (Å²) in [5, 5.41) is 0. The van der Waals surface area contributed by atoms with Gasteiger partial charge in [0.05, 0.1) is 0 Å². The van der Waals surface area contributed by atoms with Gasteiger partial charge < -0.3 is 10.5 Å². The lowest BCUT2D eigenvalue weighted by atomic mass is 10.1. The van der Waals surface area contributed by atoms with Crippen molar-refractivity contribution in [3.8, 4) is 0 Å². The maximum atomic E-state index is 12.2. The minimum Gasteiger partial charge on any atom is -0.457 e. The van der Waals surface area contributed by atoms with Crippen LogP contribution in [0.25, 0.3) is 0 Å². The molecule has 0 amide bonds. The van der Waals surface area contributed by atoms with Gasteiger partial charge in [-0.2, -0.15) is 0 Å². The largest absolute Gasteiger partial charge is 0.457 e. The quantitative estimate of drug-likeness (QED) is 0.861. The lowest BCUT2D eigenvalue weighted by molar-refractivity contribution is -0.415. The van der Waals surface area contributed by atoms with Gasteiger partial charge in [0.2, 0.25) is 6.04 Å². The molecule has 0 heterocycles. The van der Waals surface area contributed by atoms with E-state index >= 15 is 0 Å². The Bertz CT molecular complexity index is 584. The summed E-state index contributed by atoms with van der Waals surface area (Å²) in [6, 6.07) is 17.3. The highest BCUT2D eigenvalue weighted by atomic mass is 16.5. The van der Waals surface area contributed by atoms with Crippen LogP contribution in [0.1, 0.15) is 22.7 Å². The van der Waals surface area contributed by atoms with Gasteiger partial charge in [-0.25, -0.2) is 4.79 Å². The fourth-order valence-corrected chi connectivity index (χ4v) is 2.67. The van der Waals surface area contributed by atoms with Gasteiger partial charge in [-0.05, 0) is 11.1 Å². The molecule has 0 saturated carbocycles. The Balaban J connectivity index is 1.64. The van der Waals surface area contributed by atoms with Crippen molar-refractivity contribution in [1.29, 1.82) is 0 Å². The lowest BCUT2D eigenvalue weighted by Gasteiger charge is -2.14. The predicted molar refractivity (Wildman–Crippen MR) is 75.8 cm³/mol. The Kier molecular flexibility index (Phi) is 3.52. The first-order valence-electron chi connectivity index (χ1n) is 6.89. The number of rotatable bonds is 3. The molecule has 1 atom stereocenters. The van der Waals surface area contributed by atoms with Crippen molar-refractivity contribution in [3.05, 3.63) is 71.3 Å². The van der Waals surface area contributed by atoms with Crippen molar-refractivity contribution in [1.82, 2.24) is 0 Å². The molecular weight excluding hydrogens is 250 g/mol. The summed E-state index contributed by atoms with van der Waals surface area (Å²) in [7, 11) is 0. The molecule has 3 N–H and O–H groups in total. The van der Waals surface area contributed by atoms with Crippen LogP contribution in [-0.4, -0.2) is 12.1 Å². The number of hydrogen-bond acceptors (Lipinski definition) is 2. The summed E-state index contributed by atoms with van der Waals surface area (Å²) >= 11 is 0. The van der Waals surface area contributed by atoms with Crippen molar-refractivity contribution in [3.63, 3.8) is 0 Å². The number of ether oxygens (including phenoxy) is 1. The van der Waals surface area contributed by atoms with Gasteiger partial charge in [-0.15, -0.1) is 0 Å². The summed E-state index contributed by atoms with van der Waals surface area (Å²) in [5.41, 5.74) is 7.39. The van der Waals surface area contributed by atoms with Gasteiger partial charge in [0.15, 0.2) is 0 Å². The van der Waals surface area contributed by atoms with Crippen molar-refractivity contribution in [2.45, 2.75) is 25.0 Å². The average molecular weight is 268 g/mol. The third kappa shape index (κ3) is 2.58. The van der Waals surface area contributed by atoms with Crippen LogP contribution in [-0.2, 0) is 22.4 Å². The first kappa shape index (κ1) is 12.9. The molecule has 1 aliphatic rings. The van der Waals surface area contributed by atoms with Gasteiger partial charge in [0, 0.05) is 18.4 Å². The molecular formula is C17H18NO2+. The lowest BCUT2D eigenvalue weighted by Crippen LogP contribution is -2.58.